The molecule has 0 bridgehead atoms. The van der Waals surface area contributed by atoms with E-state index in [0.29, 0.717) is 5.56 Å². The number of nitrogens with one attached hydrogen (secondary N) is 1. The molecule has 0 spiro atoms. The molecule has 3 rings (SSSR count). The summed E-state index contributed by atoms with van der Waals surface area (Å²) in [7, 11) is 0. The first-order valence-corrected chi connectivity index (χ1v) is 7.20. The first-order valence-electron chi connectivity index (χ1n) is 7.20. The molecule has 2 heterocycles. The Morgan fingerprint density at radius 1 is 1.29 bits per heavy atom. The van der Waals surface area contributed by atoms with Gasteiger partial charge in [-0.3, -0.25) is 9.59 Å². The Labute approximate surface area is 136 Å². The average Bonchev–Trinajstić information content (AvgIpc) is 3.03. The summed E-state index contributed by atoms with van der Waals surface area (Å²) in [6.07, 6.45) is 1.26. The second-order valence-corrected chi connectivity index (χ2v) is 5.32. The summed E-state index contributed by atoms with van der Waals surface area (Å²) in [6.45, 7) is 3.23. The second kappa shape index (κ2) is 6.15. The second-order valence-electron chi connectivity index (χ2n) is 5.32. The maximum Gasteiger partial charge on any atom is 0.270 e. The normalized spacial score (nSPS) is 10.8. The van der Waals surface area contributed by atoms with E-state index in [-0.39, 0.29) is 35.3 Å². The molecule has 1 aromatic carbocycles. The van der Waals surface area contributed by atoms with E-state index in [1.165, 1.54) is 29.9 Å². The first kappa shape index (κ1) is 15.7. The van der Waals surface area contributed by atoms with Gasteiger partial charge in [-0.15, -0.1) is 0 Å². The molecule has 0 aliphatic heterocycles. The fourth-order valence-corrected chi connectivity index (χ4v) is 2.24. The van der Waals surface area contributed by atoms with Gasteiger partial charge in [-0.05, 0) is 30.2 Å². The van der Waals surface area contributed by atoms with Crippen molar-refractivity contribution < 1.29 is 14.0 Å². The molecule has 24 heavy (non-hydrogen) atoms. The average molecular weight is 327 g/mol. The van der Waals surface area contributed by atoms with Crippen molar-refractivity contribution in [2.24, 2.45) is 0 Å². The minimum Gasteiger partial charge on any atom is -0.347 e. The van der Waals surface area contributed by atoms with E-state index >= 15 is 0 Å². The number of amides is 1. The number of carbonyl (C=O) groups is 2. The smallest absolute Gasteiger partial charge is 0.270 e. The van der Waals surface area contributed by atoms with Crippen molar-refractivity contribution in [1.82, 2.24) is 24.9 Å². The molecule has 7 nitrogen and oxygen atoms in total. The molecule has 0 saturated heterocycles. The van der Waals surface area contributed by atoms with Crippen LogP contribution >= 0.6 is 0 Å². The van der Waals surface area contributed by atoms with Crippen LogP contribution in [0.2, 0.25) is 0 Å². The third kappa shape index (κ3) is 2.98. The Balaban J connectivity index is 1.86. The molecule has 3 aromatic rings. The number of carbonyl (C=O) groups excluding carboxylic acids is 2. The highest BCUT2D eigenvalue weighted by molar-refractivity contribution is 5.98. The number of fused-ring (bicyclic) bond motifs is 1. The number of halogens is 1. The number of aromatic nitrogens is 4. The number of ketones is 1. The Kier molecular flexibility index (Phi) is 4.03. The fourth-order valence-electron chi connectivity index (χ4n) is 2.24. The van der Waals surface area contributed by atoms with Crippen LogP contribution in [0.5, 0.6) is 0 Å². The lowest BCUT2D eigenvalue weighted by Gasteiger charge is -2.08. The topological polar surface area (TPSA) is 89.2 Å². The molecule has 8 heteroatoms. The third-order valence-electron chi connectivity index (χ3n) is 3.52. The van der Waals surface area contributed by atoms with Crippen molar-refractivity contribution in [3.05, 3.63) is 58.9 Å². The van der Waals surface area contributed by atoms with E-state index in [2.05, 4.69) is 20.4 Å². The molecule has 2 aromatic heterocycles. The zero-order valence-electron chi connectivity index (χ0n) is 13.1. The number of aryl methyl sites for hydroxylation is 1. The Bertz CT molecular complexity index is 951. The fraction of sp³-hybridized carbons (Fsp3) is 0.188. The van der Waals surface area contributed by atoms with Crippen molar-refractivity contribution in [3.63, 3.8) is 0 Å². The van der Waals surface area contributed by atoms with Crippen LogP contribution in [0.1, 0.15) is 39.0 Å². The zero-order valence-corrected chi connectivity index (χ0v) is 13.1. The van der Waals surface area contributed by atoms with Crippen LogP contribution in [0, 0.1) is 12.7 Å². The van der Waals surface area contributed by atoms with E-state index in [0.717, 1.165) is 5.56 Å². The molecule has 0 unspecified atom stereocenters. The SMILES string of the molecule is CC(=O)c1cc(C(=O)NCc2ccc(F)c(C)c2)n2ncnc2n1. The number of Topliss-reactive ketones (excluding diaryl/α,β-unsaturated/α-hetero) is 1. The van der Waals surface area contributed by atoms with Crippen LogP contribution in [-0.4, -0.2) is 31.3 Å². The molecule has 0 fully saturated rings. The third-order valence-corrected chi connectivity index (χ3v) is 3.52. The lowest BCUT2D eigenvalue weighted by molar-refractivity contribution is 0.0943. The van der Waals surface area contributed by atoms with E-state index in [4.69, 9.17) is 0 Å². The number of hydrogen-bond donors (Lipinski definition) is 1. The largest absolute Gasteiger partial charge is 0.347 e. The predicted molar refractivity (Wildman–Crippen MR) is 83.1 cm³/mol. The Morgan fingerprint density at radius 2 is 2.08 bits per heavy atom. The Hall–Kier alpha value is -3.16. The molecule has 1 N–H and O–H groups in total. The lowest BCUT2D eigenvalue weighted by Crippen LogP contribution is -2.26. The van der Waals surface area contributed by atoms with Gasteiger partial charge < -0.3 is 5.32 Å². The molecule has 0 aliphatic rings. The highest BCUT2D eigenvalue weighted by atomic mass is 19.1. The van der Waals surface area contributed by atoms with Crippen LogP contribution in [0.15, 0.2) is 30.6 Å². The number of hydrogen-bond acceptors (Lipinski definition) is 5. The maximum absolute atomic E-state index is 13.3. The van der Waals surface area contributed by atoms with Crippen LogP contribution in [0.4, 0.5) is 4.39 Å². The Morgan fingerprint density at radius 3 is 2.79 bits per heavy atom. The number of rotatable bonds is 4. The highest BCUT2D eigenvalue weighted by Crippen LogP contribution is 2.10. The van der Waals surface area contributed by atoms with Crippen molar-refractivity contribution in [3.8, 4) is 0 Å². The van der Waals surface area contributed by atoms with Gasteiger partial charge in [-0.2, -0.15) is 14.6 Å². The van der Waals surface area contributed by atoms with Crippen LogP contribution < -0.4 is 5.32 Å². The van der Waals surface area contributed by atoms with Gasteiger partial charge in [0.15, 0.2) is 5.78 Å². The molecule has 0 radical (unpaired) electrons. The summed E-state index contributed by atoms with van der Waals surface area (Å²) in [4.78, 5) is 31.9. The first-order chi connectivity index (χ1) is 11.5. The van der Waals surface area contributed by atoms with Gasteiger partial charge in [0.1, 0.15) is 23.5 Å². The van der Waals surface area contributed by atoms with Crippen molar-refractivity contribution >= 4 is 17.5 Å². The highest BCUT2D eigenvalue weighted by Gasteiger charge is 2.16. The molecule has 0 aliphatic carbocycles. The standard InChI is InChI=1S/C16H14FN5O2/c1-9-5-11(3-4-12(9)17)7-18-15(24)14-6-13(10(2)23)21-16-19-8-20-22(14)16/h3-6,8H,7H2,1-2H3,(H,18,24). The van der Waals surface area contributed by atoms with Gasteiger partial charge in [0.25, 0.3) is 11.7 Å². The quantitative estimate of drug-likeness (QED) is 0.737. The van der Waals surface area contributed by atoms with Crippen molar-refractivity contribution in [2.75, 3.05) is 0 Å². The van der Waals surface area contributed by atoms with Crippen LogP contribution in [0.25, 0.3) is 5.78 Å². The zero-order chi connectivity index (χ0) is 17.3. The van der Waals surface area contributed by atoms with Gasteiger partial charge in [0, 0.05) is 13.5 Å². The van der Waals surface area contributed by atoms with Crippen LogP contribution in [-0.2, 0) is 6.54 Å². The van der Waals surface area contributed by atoms with Crippen LogP contribution in [0.3, 0.4) is 0 Å². The summed E-state index contributed by atoms with van der Waals surface area (Å²) < 4.78 is 14.5. The molecule has 0 saturated carbocycles. The molecular weight excluding hydrogens is 313 g/mol. The summed E-state index contributed by atoms with van der Waals surface area (Å²) >= 11 is 0. The number of benzene rings is 1. The van der Waals surface area contributed by atoms with Gasteiger partial charge in [-0.25, -0.2) is 9.37 Å². The van der Waals surface area contributed by atoms with E-state index in [9.17, 15) is 14.0 Å². The van der Waals surface area contributed by atoms with Crippen molar-refractivity contribution in [2.45, 2.75) is 20.4 Å². The summed E-state index contributed by atoms with van der Waals surface area (Å²) in [5.41, 5.74) is 1.56. The van der Waals surface area contributed by atoms with E-state index in [1.807, 2.05) is 0 Å². The van der Waals surface area contributed by atoms with E-state index < -0.39 is 5.91 Å². The predicted octanol–water partition coefficient (Wildman–Crippen LogP) is 1.70. The molecule has 0 atom stereocenters. The van der Waals surface area contributed by atoms with E-state index in [1.54, 1.807) is 19.1 Å². The minimum atomic E-state index is -0.433. The lowest BCUT2D eigenvalue weighted by atomic mass is 10.1. The van der Waals surface area contributed by atoms with Gasteiger partial charge in [-0.1, -0.05) is 12.1 Å². The molecule has 1 amide bonds. The summed E-state index contributed by atoms with van der Waals surface area (Å²) in [5.74, 6) is -0.832. The number of nitrogens with zero attached hydrogens (tertiary/aromatic N) is 4. The minimum absolute atomic E-state index is 0.137. The molecular formula is C16H14FN5O2. The van der Waals surface area contributed by atoms with Crippen molar-refractivity contribution in [1.29, 1.82) is 0 Å². The van der Waals surface area contributed by atoms with Gasteiger partial charge in [0.2, 0.25) is 0 Å². The summed E-state index contributed by atoms with van der Waals surface area (Å²) in [5, 5.41) is 6.66. The van der Waals surface area contributed by atoms with Gasteiger partial charge >= 0.3 is 0 Å². The monoisotopic (exact) mass is 327 g/mol. The van der Waals surface area contributed by atoms with Gasteiger partial charge in [0.05, 0.1) is 0 Å². The molecule has 122 valence electrons. The summed E-state index contributed by atoms with van der Waals surface area (Å²) in [6, 6.07) is 5.98. The maximum atomic E-state index is 13.3.